The average Bonchev–Trinajstić information content (AvgIpc) is 2.77. The first-order chi connectivity index (χ1) is 17.5. The Morgan fingerprint density at radius 1 is 1.13 bits per heavy atom. The number of anilines is 1. The molecule has 0 saturated carbocycles. The molecule has 0 aliphatic heterocycles. The molecular formula is C25H27BrF4N2O6. The van der Waals surface area contributed by atoms with E-state index >= 15 is 4.39 Å². The van der Waals surface area contributed by atoms with E-state index in [0.29, 0.717) is 5.56 Å². The zero-order chi connectivity index (χ0) is 28.8. The molecule has 38 heavy (non-hydrogen) atoms. The number of hydrogen-bond donors (Lipinski definition) is 2. The minimum absolute atomic E-state index is 0.0642. The van der Waals surface area contributed by atoms with Gasteiger partial charge in [-0.1, -0.05) is 46.3 Å². The zero-order valence-corrected chi connectivity index (χ0v) is 22.6. The molecule has 13 heteroatoms. The lowest BCUT2D eigenvalue weighted by Crippen LogP contribution is -2.45. The number of carbonyl (C=O) groups is 3. The molecular weight excluding hydrogens is 580 g/mol. The first kappa shape index (κ1) is 30.9. The van der Waals surface area contributed by atoms with E-state index in [9.17, 15) is 32.7 Å². The minimum atomic E-state index is -5.50. The third-order valence-corrected chi connectivity index (χ3v) is 5.52. The molecule has 2 rings (SSSR count). The number of carboxylic acids is 1. The van der Waals surface area contributed by atoms with E-state index < -0.39 is 59.6 Å². The number of amides is 2. The van der Waals surface area contributed by atoms with Gasteiger partial charge in [0.2, 0.25) is 0 Å². The molecule has 0 bridgehead atoms. The van der Waals surface area contributed by atoms with Crippen LogP contribution >= 0.6 is 15.9 Å². The Morgan fingerprint density at radius 3 is 2.26 bits per heavy atom. The van der Waals surface area contributed by atoms with Crippen molar-refractivity contribution in [3.63, 3.8) is 0 Å². The second-order valence-corrected chi connectivity index (χ2v) is 10.2. The number of ether oxygens (including phenoxy) is 2. The molecule has 0 aromatic heterocycles. The van der Waals surface area contributed by atoms with Crippen LogP contribution in [0.5, 0.6) is 5.75 Å². The van der Waals surface area contributed by atoms with Gasteiger partial charge in [-0.3, -0.25) is 14.5 Å². The van der Waals surface area contributed by atoms with Gasteiger partial charge in [-0.15, -0.1) is 0 Å². The lowest BCUT2D eigenvalue weighted by molar-refractivity contribution is -0.171. The Bertz CT molecular complexity index is 1170. The van der Waals surface area contributed by atoms with Crippen molar-refractivity contribution in [3.8, 4) is 5.75 Å². The standard InChI is InChI=1S/C25H27BrF4N2O6/c1-14(31-23(36)38-24(2,3)4)10-16-17(26)11-18(37-13-15-8-6-5-7-9-15)21(20(16)27)32(12-19(33)34)22(35)25(28,29)30/h5-9,11,14H,10,12-13H2,1-4H3,(H,31,36)(H,33,34). The molecule has 1 atom stereocenters. The number of hydrogen-bond acceptors (Lipinski definition) is 5. The van der Waals surface area contributed by atoms with Crippen molar-refractivity contribution in [2.24, 2.45) is 0 Å². The number of carbonyl (C=O) groups excluding carboxylic acids is 2. The monoisotopic (exact) mass is 606 g/mol. The number of carboxylic acid groups (broad SMARTS) is 1. The van der Waals surface area contributed by atoms with E-state index in [4.69, 9.17) is 9.47 Å². The van der Waals surface area contributed by atoms with Crippen molar-refractivity contribution in [1.82, 2.24) is 5.32 Å². The third kappa shape index (κ3) is 8.89. The van der Waals surface area contributed by atoms with Crippen molar-refractivity contribution in [1.29, 1.82) is 0 Å². The molecule has 0 aliphatic rings. The van der Waals surface area contributed by atoms with E-state index in [1.165, 1.54) is 6.92 Å². The summed E-state index contributed by atoms with van der Waals surface area (Å²) in [6, 6.07) is 8.77. The van der Waals surface area contributed by atoms with Gasteiger partial charge in [0.25, 0.3) is 0 Å². The highest BCUT2D eigenvalue weighted by Gasteiger charge is 2.45. The molecule has 2 amide bonds. The van der Waals surface area contributed by atoms with Gasteiger partial charge in [0.05, 0.1) is 0 Å². The summed E-state index contributed by atoms with van der Waals surface area (Å²) in [4.78, 5) is 35.5. The van der Waals surface area contributed by atoms with Crippen LogP contribution in [-0.2, 0) is 27.4 Å². The summed E-state index contributed by atoms with van der Waals surface area (Å²) in [5, 5.41) is 11.7. The van der Waals surface area contributed by atoms with Crippen LogP contribution in [0.3, 0.4) is 0 Å². The zero-order valence-electron chi connectivity index (χ0n) is 21.0. The average molecular weight is 607 g/mol. The summed E-state index contributed by atoms with van der Waals surface area (Å²) in [5.41, 5.74) is -1.44. The maximum atomic E-state index is 15.9. The normalized spacial score (nSPS) is 12.4. The highest BCUT2D eigenvalue weighted by molar-refractivity contribution is 9.10. The van der Waals surface area contributed by atoms with Crippen molar-refractivity contribution in [2.75, 3.05) is 11.4 Å². The van der Waals surface area contributed by atoms with Crippen molar-refractivity contribution in [2.45, 2.75) is 58.5 Å². The van der Waals surface area contributed by atoms with Gasteiger partial charge >= 0.3 is 24.1 Å². The molecule has 0 fully saturated rings. The van der Waals surface area contributed by atoms with Crippen LogP contribution < -0.4 is 15.0 Å². The number of rotatable bonds is 9. The Balaban J connectivity index is 2.56. The van der Waals surface area contributed by atoms with Crippen molar-refractivity contribution < 1.29 is 46.5 Å². The summed E-state index contributed by atoms with van der Waals surface area (Å²) in [6.45, 7) is 4.74. The predicted octanol–water partition coefficient (Wildman–Crippen LogP) is 5.60. The number of nitrogens with zero attached hydrogens (tertiary/aromatic N) is 1. The Kier molecular flexibility index (Phi) is 10.1. The molecule has 2 aromatic carbocycles. The molecule has 208 valence electrons. The van der Waals surface area contributed by atoms with Gasteiger partial charge in [0.15, 0.2) is 5.82 Å². The number of nitrogens with one attached hydrogen (secondary N) is 1. The number of halogens is 5. The molecule has 8 nitrogen and oxygen atoms in total. The van der Waals surface area contributed by atoms with E-state index in [2.05, 4.69) is 21.2 Å². The summed E-state index contributed by atoms with van der Waals surface area (Å²) in [6.07, 6.45) is -6.56. The van der Waals surface area contributed by atoms with Crippen LogP contribution in [0.25, 0.3) is 0 Å². The molecule has 0 aliphatic carbocycles. The maximum Gasteiger partial charge on any atom is 0.471 e. The van der Waals surface area contributed by atoms with E-state index in [1.807, 2.05) is 0 Å². The van der Waals surface area contributed by atoms with Crippen LogP contribution in [0.15, 0.2) is 40.9 Å². The summed E-state index contributed by atoms with van der Waals surface area (Å²) in [7, 11) is 0. The highest BCUT2D eigenvalue weighted by atomic mass is 79.9. The molecule has 2 aromatic rings. The van der Waals surface area contributed by atoms with Crippen molar-refractivity contribution >= 4 is 39.6 Å². The second-order valence-electron chi connectivity index (χ2n) is 9.31. The number of alkyl halides is 3. The Labute approximate surface area is 225 Å². The van der Waals surface area contributed by atoms with E-state index in [1.54, 1.807) is 51.1 Å². The third-order valence-electron chi connectivity index (χ3n) is 4.81. The first-order valence-corrected chi connectivity index (χ1v) is 12.1. The molecule has 1 unspecified atom stereocenters. The molecule has 0 spiro atoms. The first-order valence-electron chi connectivity index (χ1n) is 11.3. The molecule has 0 radical (unpaired) electrons. The second kappa shape index (κ2) is 12.5. The van der Waals surface area contributed by atoms with Gasteiger partial charge in [-0.2, -0.15) is 13.2 Å². The van der Waals surface area contributed by atoms with Crippen LogP contribution in [-0.4, -0.2) is 47.4 Å². The largest absolute Gasteiger partial charge is 0.487 e. The van der Waals surface area contributed by atoms with E-state index in [0.717, 1.165) is 6.07 Å². The maximum absolute atomic E-state index is 15.9. The Morgan fingerprint density at radius 2 is 1.74 bits per heavy atom. The van der Waals surface area contributed by atoms with Crippen molar-refractivity contribution in [3.05, 3.63) is 57.8 Å². The summed E-state index contributed by atoms with van der Waals surface area (Å²) >= 11 is 3.17. The highest BCUT2D eigenvalue weighted by Crippen LogP contribution is 2.40. The summed E-state index contributed by atoms with van der Waals surface area (Å²) in [5.74, 6) is -6.20. The molecule has 0 heterocycles. The number of benzene rings is 2. The predicted molar refractivity (Wildman–Crippen MR) is 133 cm³/mol. The van der Waals surface area contributed by atoms with Gasteiger partial charge in [-0.25, -0.2) is 9.18 Å². The summed E-state index contributed by atoms with van der Waals surface area (Å²) < 4.78 is 66.9. The molecule has 2 N–H and O–H groups in total. The SMILES string of the molecule is CC(Cc1c(Br)cc(OCc2ccccc2)c(N(CC(=O)O)C(=O)C(F)(F)F)c1F)NC(=O)OC(C)(C)C. The van der Waals surface area contributed by atoms with Crippen LogP contribution in [0.2, 0.25) is 0 Å². The quantitative estimate of drug-likeness (QED) is 0.360. The minimum Gasteiger partial charge on any atom is -0.487 e. The Hall–Kier alpha value is -3.35. The fourth-order valence-corrected chi connectivity index (χ4v) is 3.86. The van der Waals surface area contributed by atoms with Gasteiger partial charge in [0.1, 0.15) is 30.2 Å². The van der Waals surface area contributed by atoms with Gasteiger partial charge < -0.3 is 19.9 Å². The van der Waals surface area contributed by atoms with Crippen LogP contribution in [0, 0.1) is 5.82 Å². The van der Waals surface area contributed by atoms with E-state index in [-0.39, 0.29) is 28.0 Å². The fourth-order valence-electron chi connectivity index (χ4n) is 3.32. The topological polar surface area (TPSA) is 105 Å². The number of aliphatic carboxylic acids is 1. The van der Waals surface area contributed by atoms with Gasteiger partial charge in [0, 0.05) is 16.1 Å². The molecule has 0 saturated heterocycles. The van der Waals surface area contributed by atoms with Crippen LogP contribution in [0.4, 0.5) is 28.0 Å². The lowest BCUT2D eigenvalue weighted by atomic mass is 10.0. The lowest BCUT2D eigenvalue weighted by Gasteiger charge is -2.27. The fraction of sp³-hybridized carbons (Fsp3) is 0.400. The van der Waals surface area contributed by atoms with Crippen LogP contribution in [0.1, 0.15) is 38.8 Å². The van der Waals surface area contributed by atoms with Gasteiger partial charge in [-0.05, 0) is 45.7 Å². The number of alkyl carbamates (subject to hydrolysis) is 1. The smallest absolute Gasteiger partial charge is 0.471 e.